The lowest BCUT2D eigenvalue weighted by molar-refractivity contribution is 0.0904. The summed E-state index contributed by atoms with van der Waals surface area (Å²) in [7, 11) is 0. The van der Waals surface area contributed by atoms with Crippen molar-refractivity contribution in [3.63, 3.8) is 0 Å². The van der Waals surface area contributed by atoms with E-state index in [-0.39, 0.29) is 18.5 Å². The molecule has 2 N–H and O–H groups in total. The second-order valence-electron chi connectivity index (χ2n) is 8.23. The summed E-state index contributed by atoms with van der Waals surface area (Å²) in [5.74, 6) is -0.530. The van der Waals surface area contributed by atoms with Gasteiger partial charge in [-0.15, -0.1) is 0 Å². The van der Waals surface area contributed by atoms with Crippen LogP contribution in [0.5, 0.6) is 0 Å². The molecule has 0 aliphatic heterocycles. The first-order chi connectivity index (χ1) is 12.3. The third-order valence-electron chi connectivity index (χ3n) is 3.26. The molecule has 10 heteroatoms. The van der Waals surface area contributed by atoms with Crippen molar-refractivity contribution in [3.05, 3.63) is 32.7 Å². The third-order valence-corrected chi connectivity index (χ3v) is 4.43. The van der Waals surface area contributed by atoms with Gasteiger partial charge < -0.3 is 10.6 Å². The molecule has 0 atom stereocenters. The highest BCUT2D eigenvalue weighted by Gasteiger charge is 2.25. The van der Waals surface area contributed by atoms with Gasteiger partial charge in [0.1, 0.15) is 18.1 Å². The smallest absolute Gasteiger partial charge is 0.271 e. The van der Waals surface area contributed by atoms with Crippen molar-refractivity contribution in [3.8, 4) is 0 Å². The molecule has 0 spiro atoms. The van der Waals surface area contributed by atoms with Crippen LogP contribution in [0.15, 0.2) is 21.3 Å². The van der Waals surface area contributed by atoms with Gasteiger partial charge in [-0.1, -0.05) is 0 Å². The Morgan fingerprint density at radius 3 is 1.48 bits per heavy atom. The lowest BCUT2D eigenvalue weighted by Crippen LogP contribution is -2.42. The van der Waals surface area contributed by atoms with Crippen LogP contribution in [0.4, 0.5) is 0 Å². The first-order valence-electron chi connectivity index (χ1n) is 8.36. The lowest BCUT2D eigenvalue weighted by Gasteiger charge is -2.22. The maximum atomic E-state index is 12.6. The highest BCUT2D eigenvalue weighted by atomic mass is 79.9. The zero-order valence-electron chi connectivity index (χ0n) is 16.2. The van der Waals surface area contributed by atoms with E-state index in [0.717, 1.165) is 0 Å². The topological polar surface area (TPSA) is 93.8 Å². The van der Waals surface area contributed by atoms with E-state index in [2.05, 4.69) is 52.7 Å². The minimum Gasteiger partial charge on any atom is -0.346 e. The largest absolute Gasteiger partial charge is 0.346 e. The van der Waals surface area contributed by atoms with Crippen LogP contribution in [0.1, 0.15) is 62.5 Å². The van der Waals surface area contributed by atoms with E-state index in [1.165, 1.54) is 9.36 Å². The molecule has 148 valence electrons. The van der Waals surface area contributed by atoms with Crippen LogP contribution in [-0.4, -0.2) is 42.5 Å². The molecule has 27 heavy (non-hydrogen) atoms. The molecule has 2 heterocycles. The Morgan fingerprint density at radius 1 is 0.852 bits per heavy atom. The number of hydrogen-bond acceptors (Lipinski definition) is 4. The van der Waals surface area contributed by atoms with Crippen LogP contribution >= 0.6 is 31.9 Å². The maximum absolute atomic E-state index is 12.6. The van der Waals surface area contributed by atoms with Gasteiger partial charge >= 0.3 is 0 Å². The molecule has 0 saturated heterocycles. The molecule has 0 radical (unpaired) electrons. The van der Waals surface area contributed by atoms with Gasteiger partial charge in [0.2, 0.25) is 0 Å². The number of aromatic nitrogens is 4. The number of amides is 2. The van der Waals surface area contributed by atoms with Gasteiger partial charge in [0, 0.05) is 11.1 Å². The highest BCUT2D eigenvalue weighted by Crippen LogP contribution is 2.20. The molecule has 0 unspecified atom stereocenters. The Balaban J connectivity index is 2.35. The molecule has 0 saturated carbocycles. The molecule has 2 aromatic heterocycles. The maximum Gasteiger partial charge on any atom is 0.271 e. The van der Waals surface area contributed by atoms with E-state index in [4.69, 9.17) is 0 Å². The monoisotopic (exact) mass is 502 g/mol. The van der Waals surface area contributed by atoms with E-state index >= 15 is 0 Å². The lowest BCUT2D eigenvalue weighted by atomic mass is 10.1. The van der Waals surface area contributed by atoms with Gasteiger partial charge in [0.25, 0.3) is 11.8 Å². The fourth-order valence-corrected chi connectivity index (χ4v) is 3.27. The Labute approximate surface area is 175 Å². The van der Waals surface area contributed by atoms with Gasteiger partial charge in [-0.2, -0.15) is 10.2 Å². The molecule has 0 aliphatic rings. The van der Waals surface area contributed by atoms with E-state index in [1.54, 1.807) is 12.4 Å². The minimum absolute atomic E-state index is 0.108. The number of nitrogens with zero attached hydrogens (tertiary/aromatic N) is 4. The van der Waals surface area contributed by atoms with Crippen LogP contribution in [0.3, 0.4) is 0 Å². The molecule has 8 nitrogen and oxygen atoms in total. The summed E-state index contributed by atoms with van der Waals surface area (Å²) in [5.41, 5.74) is -0.0617. The van der Waals surface area contributed by atoms with E-state index in [9.17, 15) is 9.59 Å². The van der Waals surface area contributed by atoms with Crippen molar-refractivity contribution >= 4 is 43.7 Å². The van der Waals surface area contributed by atoms with Crippen LogP contribution in [0.2, 0.25) is 0 Å². The van der Waals surface area contributed by atoms with Crippen LogP contribution < -0.4 is 10.6 Å². The van der Waals surface area contributed by atoms with Gasteiger partial charge in [-0.3, -0.25) is 9.59 Å². The third kappa shape index (κ3) is 5.65. The fourth-order valence-electron chi connectivity index (χ4n) is 2.32. The summed E-state index contributed by atoms with van der Waals surface area (Å²) >= 11 is 6.74. The Kier molecular flexibility index (Phi) is 6.20. The van der Waals surface area contributed by atoms with Gasteiger partial charge in [0.15, 0.2) is 0 Å². The normalized spacial score (nSPS) is 12.1. The highest BCUT2D eigenvalue weighted by molar-refractivity contribution is 9.10. The fraction of sp³-hybridized carbons (Fsp3) is 0.529. The Hall–Kier alpha value is -1.68. The average molecular weight is 504 g/mol. The molecule has 0 fully saturated rings. The second-order valence-corrected chi connectivity index (χ2v) is 9.94. The quantitative estimate of drug-likeness (QED) is 0.670. The van der Waals surface area contributed by atoms with Crippen molar-refractivity contribution < 1.29 is 9.59 Å². The molecule has 2 rings (SSSR count). The van der Waals surface area contributed by atoms with Gasteiger partial charge in [-0.05, 0) is 73.4 Å². The number of carbonyl (C=O) groups excluding carboxylic acids is 2. The van der Waals surface area contributed by atoms with Crippen molar-refractivity contribution in [2.75, 3.05) is 0 Å². The van der Waals surface area contributed by atoms with Crippen molar-refractivity contribution in [2.24, 2.45) is 0 Å². The van der Waals surface area contributed by atoms with Gasteiger partial charge in [0.05, 0.1) is 21.3 Å². The summed E-state index contributed by atoms with van der Waals surface area (Å²) in [6.07, 6.45) is 3.09. The SMILES string of the molecule is CC(C)(C)NC(=O)c1c(Br)cnn1Cn1ncc(Br)c1C(=O)NC(C)(C)C. The van der Waals surface area contributed by atoms with Crippen LogP contribution in [0, 0.1) is 0 Å². The molecule has 0 bridgehead atoms. The number of hydrogen-bond donors (Lipinski definition) is 2. The minimum atomic E-state index is -0.391. The number of halogens is 2. The second kappa shape index (κ2) is 7.75. The molecule has 2 aromatic rings. The Bertz CT molecular complexity index is 788. The van der Waals surface area contributed by atoms with E-state index in [0.29, 0.717) is 20.3 Å². The summed E-state index contributed by atoms with van der Waals surface area (Å²) in [6.45, 7) is 11.5. The van der Waals surface area contributed by atoms with Crippen molar-refractivity contribution in [1.82, 2.24) is 30.2 Å². The number of rotatable bonds is 4. The zero-order valence-corrected chi connectivity index (χ0v) is 19.4. The summed E-state index contributed by atoms with van der Waals surface area (Å²) in [4.78, 5) is 25.3. The summed E-state index contributed by atoms with van der Waals surface area (Å²) in [6, 6.07) is 0. The molecule has 2 amide bonds. The molecular weight excluding hydrogens is 480 g/mol. The molecule has 0 aromatic carbocycles. The molecule has 0 aliphatic carbocycles. The van der Waals surface area contributed by atoms with Crippen molar-refractivity contribution in [1.29, 1.82) is 0 Å². The zero-order chi connectivity index (χ0) is 20.6. The Morgan fingerprint density at radius 2 is 1.19 bits per heavy atom. The summed E-state index contributed by atoms with van der Waals surface area (Å²) in [5, 5.41) is 14.3. The number of carbonyl (C=O) groups is 2. The van der Waals surface area contributed by atoms with Crippen molar-refractivity contribution in [2.45, 2.75) is 59.3 Å². The first kappa shape index (κ1) is 21.6. The predicted octanol–water partition coefficient (Wildman–Crippen LogP) is 3.17. The van der Waals surface area contributed by atoms with Crippen LogP contribution in [0.25, 0.3) is 0 Å². The predicted molar refractivity (Wildman–Crippen MR) is 110 cm³/mol. The standard InChI is InChI=1S/C17H24Br2N6O2/c1-16(2,3)22-14(26)12-10(18)7-20-24(12)9-25-13(11(19)8-21-25)15(27)23-17(4,5)6/h7-8H,9H2,1-6H3,(H,22,26)(H,23,27). The average Bonchev–Trinajstić information content (AvgIpc) is 2.99. The van der Waals surface area contributed by atoms with E-state index in [1.807, 2.05) is 41.5 Å². The molecular formula is C17H24Br2N6O2. The first-order valence-corrected chi connectivity index (χ1v) is 9.95. The summed E-state index contributed by atoms with van der Waals surface area (Å²) < 4.78 is 4.13. The van der Waals surface area contributed by atoms with E-state index < -0.39 is 11.1 Å². The number of nitrogens with one attached hydrogen (secondary N) is 2. The van der Waals surface area contributed by atoms with Crippen LogP contribution in [-0.2, 0) is 6.67 Å². The van der Waals surface area contributed by atoms with Gasteiger partial charge in [-0.25, -0.2) is 9.36 Å².